The highest BCUT2D eigenvalue weighted by Crippen LogP contribution is 2.22. The zero-order valence-corrected chi connectivity index (χ0v) is 13.6. The first-order valence-electron chi connectivity index (χ1n) is 8.20. The fourth-order valence-electron chi connectivity index (χ4n) is 3.24. The van der Waals surface area contributed by atoms with Crippen molar-refractivity contribution < 1.29 is 4.74 Å². The van der Waals surface area contributed by atoms with E-state index in [1.807, 2.05) is 0 Å². The predicted octanol–water partition coefficient (Wildman–Crippen LogP) is 4.07. The molecule has 1 aliphatic rings. The molecule has 0 radical (unpaired) electrons. The van der Waals surface area contributed by atoms with E-state index in [2.05, 4.69) is 60.4 Å². The molecule has 0 unspecified atom stereocenters. The molecule has 0 aromatic heterocycles. The van der Waals surface area contributed by atoms with Gasteiger partial charge in [-0.25, -0.2) is 0 Å². The molecule has 0 saturated carbocycles. The Labute approximate surface area is 133 Å². The summed E-state index contributed by atoms with van der Waals surface area (Å²) in [5.41, 5.74) is 4.43. The molecular formula is C20H25NO. The van der Waals surface area contributed by atoms with E-state index in [4.69, 9.17) is 4.74 Å². The quantitative estimate of drug-likeness (QED) is 0.824. The second kappa shape index (κ2) is 6.97. The molecule has 0 amide bonds. The van der Waals surface area contributed by atoms with Gasteiger partial charge in [0.25, 0.3) is 0 Å². The summed E-state index contributed by atoms with van der Waals surface area (Å²) in [6.07, 6.45) is 3.51. The lowest BCUT2D eigenvalue weighted by Crippen LogP contribution is -2.37. The van der Waals surface area contributed by atoms with Gasteiger partial charge in [-0.3, -0.25) is 4.90 Å². The molecule has 0 fully saturated rings. The monoisotopic (exact) mass is 295 g/mol. The average Bonchev–Trinajstić information content (AvgIpc) is 2.59. The molecule has 2 nitrogen and oxygen atoms in total. The minimum Gasteiger partial charge on any atom is -0.497 e. The van der Waals surface area contributed by atoms with Gasteiger partial charge in [-0.15, -0.1) is 0 Å². The number of fused-ring (bicyclic) bond motifs is 1. The van der Waals surface area contributed by atoms with Gasteiger partial charge in [-0.05, 0) is 55.0 Å². The number of ether oxygens (including phenoxy) is 1. The van der Waals surface area contributed by atoms with Gasteiger partial charge in [0.15, 0.2) is 0 Å². The van der Waals surface area contributed by atoms with Crippen LogP contribution in [0.2, 0.25) is 0 Å². The van der Waals surface area contributed by atoms with E-state index in [0.29, 0.717) is 6.04 Å². The van der Waals surface area contributed by atoms with Gasteiger partial charge >= 0.3 is 0 Å². The lowest BCUT2D eigenvalue weighted by Gasteiger charge is -2.33. The van der Waals surface area contributed by atoms with Crippen LogP contribution in [-0.4, -0.2) is 24.6 Å². The van der Waals surface area contributed by atoms with Crippen molar-refractivity contribution >= 4 is 0 Å². The second-order valence-corrected chi connectivity index (χ2v) is 6.22. The minimum absolute atomic E-state index is 0.621. The Morgan fingerprint density at radius 1 is 1.05 bits per heavy atom. The van der Waals surface area contributed by atoms with Gasteiger partial charge in [-0.2, -0.15) is 0 Å². The molecule has 2 heteroatoms. The summed E-state index contributed by atoms with van der Waals surface area (Å²) >= 11 is 0. The Morgan fingerprint density at radius 2 is 1.77 bits per heavy atom. The summed E-state index contributed by atoms with van der Waals surface area (Å²) in [4.78, 5) is 2.62. The van der Waals surface area contributed by atoms with Crippen molar-refractivity contribution in [2.75, 3.05) is 13.7 Å². The van der Waals surface area contributed by atoms with Crippen LogP contribution >= 0.6 is 0 Å². The molecule has 2 aromatic carbocycles. The largest absolute Gasteiger partial charge is 0.497 e. The number of methoxy groups -OCH3 is 1. The topological polar surface area (TPSA) is 12.5 Å². The summed E-state index contributed by atoms with van der Waals surface area (Å²) in [6.45, 7) is 4.64. The van der Waals surface area contributed by atoms with Crippen molar-refractivity contribution in [1.82, 2.24) is 4.90 Å². The Morgan fingerprint density at radius 3 is 2.50 bits per heavy atom. The van der Waals surface area contributed by atoms with Gasteiger partial charge in [0.1, 0.15) is 5.75 Å². The standard InChI is InChI=1S/C20H25NO/c1-16(7-8-17-9-11-20(22-2)12-10-17)21-14-13-18-5-3-4-6-19(18)15-21/h3-6,9-12,16H,7-8,13-15H2,1-2H3/t16-/m1/s1. The zero-order valence-electron chi connectivity index (χ0n) is 13.6. The maximum Gasteiger partial charge on any atom is 0.118 e. The summed E-state index contributed by atoms with van der Waals surface area (Å²) in [5.74, 6) is 0.935. The maximum absolute atomic E-state index is 5.21. The van der Waals surface area contributed by atoms with Crippen LogP contribution in [0.1, 0.15) is 30.0 Å². The van der Waals surface area contributed by atoms with Crippen molar-refractivity contribution in [1.29, 1.82) is 0 Å². The van der Waals surface area contributed by atoms with Gasteiger partial charge in [0.2, 0.25) is 0 Å². The fourth-order valence-corrected chi connectivity index (χ4v) is 3.24. The van der Waals surface area contributed by atoms with Gasteiger partial charge in [-0.1, -0.05) is 36.4 Å². The highest BCUT2D eigenvalue weighted by Gasteiger charge is 2.19. The lowest BCUT2D eigenvalue weighted by atomic mass is 9.97. The molecule has 0 saturated heterocycles. The molecule has 0 spiro atoms. The third-order valence-corrected chi connectivity index (χ3v) is 4.79. The molecular weight excluding hydrogens is 270 g/mol. The number of rotatable bonds is 5. The van der Waals surface area contributed by atoms with Gasteiger partial charge < -0.3 is 4.74 Å². The van der Waals surface area contributed by atoms with Crippen molar-refractivity contribution in [3.8, 4) is 5.75 Å². The highest BCUT2D eigenvalue weighted by molar-refractivity contribution is 5.29. The van der Waals surface area contributed by atoms with Crippen LogP contribution in [0.5, 0.6) is 5.75 Å². The number of benzene rings is 2. The summed E-state index contributed by atoms with van der Waals surface area (Å²) in [6, 6.07) is 17.9. The Hall–Kier alpha value is -1.80. The Kier molecular flexibility index (Phi) is 4.79. The fraction of sp³-hybridized carbons (Fsp3) is 0.400. The molecule has 116 valence electrons. The lowest BCUT2D eigenvalue weighted by molar-refractivity contribution is 0.182. The van der Waals surface area contributed by atoms with Crippen LogP contribution in [0.3, 0.4) is 0 Å². The summed E-state index contributed by atoms with van der Waals surface area (Å²) < 4.78 is 5.21. The van der Waals surface area contributed by atoms with Crippen LogP contribution in [-0.2, 0) is 19.4 Å². The SMILES string of the molecule is COc1ccc(CC[C@@H](C)N2CCc3ccccc3C2)cc1. The molecule has 2 aromatic rings. The van der Waals surface area contributed by atoms with Crippen molar-refractivity contribution in [2.24, 2.45) is 0 Å². The second-order valence-electron chi connectivity index (χ2n) is 6.22. The third-order valence-electron chi connectivity index (χ3n) is 4.79. The molecule has 1 aliphatic heterocycles. The normalized spacial score (nSPS) is 16.1. The first-order valence-corrected chi connectivity index (χ1v) is 8.20. The van der Waals surface area contributed by atoms with E-state index in [1.165, 1.54) is 36.1 Å². The summed E-state index contributed by atoms with van der Waals surface area (Å²) in [5, 5.41) is 0. The first-order chi connectivity index (χ1) is 10.8. The van der Waals surface area contributed by atoms with Crippen LogP contribution < -0.4 is 4.74 Å². The van der Waals surface area contributed by atoms with E-state index in [0.717, 1.165) is 18.7 Å². The van der Waals surface area contributed by atoms with Crippen LogP contribution in [0.15, 0.2) is 48.5 Å². The molecule has 0 bridgehead atoms. The molecule has 1 atom stereocenters. The number of hydrogen-bond donors (Lipinski definition) is 0. The van der Waals surface area contributed by atoms with E-state index in [-0.39, 0.29) is 0 Å². The number of nitrogens with zero attached hydrogens (tertiary/aromatic N) is 1. The van der Waals surface area contributed by atoms with E-state index in [1.54, 1.807) is 7.11 Å². The molecule has 1 heterocycles. The van der Waals surface area contributed by atoms with Gasteiger partial charge in [0, 0.05) is 19.1 Å². The molecule has 0 N–H and O–H groups in total. The van der Waals surface area contributed by atoms with Crippen molar-refractivity contribution in [2.45, 2.75) is 38.8 Å². The minimum atomic E-state index is 0.621. The van der Waals surface area contributed by atoms with E-state index < -0.39 is 0 Å². The van der Waals surface area contributed by atoms with Gasteiger partial charge in [0.05, 0.1) is 7.11 Å². The number of hydrogen-bond acceptors (Lipinski definition) is 2. The Balaban J connectivity index is 1.55. The summed E-state index contributed by atoms with van der Waals surface area (Å²) in [7, 11) is 1.71. The number of aryl methyl sites for hydroxylation is 1. The zero-order chi connectivity index (χ0) is 15.4. The van der Waals surface area contributed by atoms with Crippen LogP contribution in [0.4, 0.5) is 0 Å². The smallest absolute Gasteiger partial charge is 0.118 e. The predicted molar refractivity (Wildman–Crippen MR) is 91.3 cm³/mol. The van der Waals surface area contributed by atoms with Crippen LogP contribution in [0.25, 0.3) is 0 Å². The maximum atomic E-state index is 5.21. The van der Waals surface area contributed by atoms with Crippen molar-refractivity contribution in [3.05, 3.63) is 65.2 Å². The van der Waals surface area contributed by atoms with Crippen molar-refractivity contribution in [3.63, 3.8) is 0 Å². The molecule has 22 heavy (non-hydrogen) atoms. The van der Waals surface area contributed by atoms with E-state index in [9.17, 15) is 0 Å². The van der Waals surface area contributed by atoms with Crippen LogP contribution in [0, 0.1) is 0 Å². The molecule has 3 rings (SSSR count). The van der Waals surface area contributed by atoms with E-state index >= 15 is 0 Å². The average molecular weight is 295 g/mol. The third kappa shape index (κ3) is 3.50. The Bertz CT molecular complexity index is 605. The highest BCUT2D eigenvalue weighted by atomic mass is 16.5. The molecule has 0 aliphatic carbocycles. The first kappa shape index (κ1) is 15.1.